The second-order valence-electron chi connectivity index (χ2n) is 4.80. The zero-order valence-electron chi connectivity index (χ0n) is 10.7. The Morgan fingerprint density at radius 3 is 2.55 bits per heavy atom. The van der Waals surface area contributed by atoms with Crippen LogP contribution in [0.1, 0.15) is 0 Å². The van der Waals surface area contributed by atoms with E-state index in [-0.39, 0.29) is 0 Å². The van der Waals surface area contributed by atoms with Gasteiger partial charge in [-0.05, 0) is 6.07 Å². The van der Waals surface area contributed by atoms with Crippen LogP contribution in [0.5, 0.6) is 0 Å². The molecule has 108 valence electrons. The number of hydrogen-bond acceptors (Lipinski definition) is 4. The van der Waals surface area contributed by atoms with Gasteiger partial charge in [0.05, 0.1) is 6.54 Å². The summed E-state index contributed by atoms with van der Waals surface area (Å²) in [5, 5.41) is 0. The summed E-state index contributed by atoms with van der Waals surface area (Å²) in [4.78, 5) is 11.9. The number of hydrogen-bond donors (Lipinski definition) is 0. The first-order chi connectivity index (χ1) is 9.51. The molecule has 8 heteroatoms. The summed E-state index contributed by atoms with van der Waals surface area (Å²) < 4.78 is 38.8. The summed E-state index contributed by atoms with van der Waals surface area (Å²) >= 11 is 0. The molecule has 5 nitrogen and oxygen atoms in total. The zero-order valence-corrected chi connectivity index (χ0v) is 10.7. The first-order valence-corrected chi connectivity index (χ1v) is 6.35. The van der Waals surface area contributed by atoms with Crippen LogP contribution in [0.4, 0.5) is 19.0 Å². The number of imidazole rings is 1. The van der Waals surface area contributed by atoms with Gasteiger partial charge in [-0.25, -0.2) is 4.98 Å². The molecule has 1 fully saturated rings. The third kappa shape index (κ3) is 2.84. The second kappa shape index (κ2) is 4.93. The third-order valence-corrected chi connectivity index (χ3v) is 3.35. The molecule has 3 heterocycles. The largest absolute Gasteiger partial charge is 0.401 e. The molecule has 1 aliphatic heterocycles. The highest BCUT2D eigenvalue weighted by molar-refractivity contribution is 5.44. The molecule has 0 atom stereocenters. The third-order valence-electron chi connectivity index (χ3n) is 3.35. The first kappa shape index (κ1) is 13.2. The number of fused-ring (bicyclic) bond motifs is 1. The van der Waals surface area contributed by atoms with E-state index in [1.165, 1.54) is 4.90 Å². The number of halogens is 3. The van der Waals surface area contributed by atoms with E-state index in [0.717, 1.165) is 5.82 Å². The molecule has 1 aliphatic rings. The Labute approximate surface area is 113 Å². The molecule has 0 aliphatic carbocycles. The lowest BCUT2D eigenvalue weighted by Gasteiger charge is -2.35. The molecule has 3 rings (SSSR count). The van der Waals surface area contributed by atoms with Crippen LogP contribution in [0.3, 0.4) is 0 Å². The molecule has 0 spiro atoms. The van der Waals surface area contributed by atoms with Crippen LogP contribution in [-0.4, -0.2) is 58.2 Å². The minimum absolute atomic E-state index is 0.390. The SMILES string of the molecule is FC(F)(F)CN1CCN(c2ccn3ccnc3n2)CC1. The fraction of sp³-hybridized carbons (Fsp3) is 0.500. The van der Waals surface area contributed by atoms with E-state index in [0.29, 0.717) is 32.0 Å². The van der Waals surface area contributed by atoms with Crippen molar-refractivity contribution in [2.45, 2.75) is 6.18 Å². The first-order valence-electron chi connectivity index (χ1n) is 6.35. The van der Waals surface area contributed by atoms with Gasteiger partial charge in [0.2, 0.25) is 5.78 Å². The highest BCUT2D eigenvalue weighted by atomic mass is 19.4. The maximum atomic E-state index is 12.3. The van der Waals surface area contributed by atoms with E-state index in [4.69, 9.17) is 0 Å². The number of rotatable bonds is 2. The number of anilines is 1. The number of alkyl halides is 3. The maximum absolute atomic E-state index is 12.3. The Morgan fingerprint density at radius 1 is 1.10 bits per heavy atom. The van der Waals surface area contributed by atoms with E-state index < -0.39 is 12.7 Å². The molecule has 2 aromatic heterocycles. The van der Waals surface area contributed by atoms with Gasteiger partial charge in [0.25, 0.3) is 0 Å². The average Bonchev–Trinajstić information content (AvgIpc) is 2.85. The minimum atomic E-state index is -4.13. The molecule has 0 unspecified atom stereocenters. The van der Waals surface area contributed by atoms with Crippen molar-refractivity contribution in [3.8, 4) is 0 Å². The Morgan fingerprint density at radius 2 is 1.85 bits per heavy atom. The lowest BCUT2D eigenvalue weighted by atomic mass is 10.3. The van der Waals surface area contributed by atoms with Gasteiger partial charge in [0, 0.05) is 44.8 Å². The molecular formula is C12H14F3N5. The van der Waals surface area contributed by atoms with Crippen molar-refractivity contribution in [2.75, 3.05) is 37.6 Å². The number of nitrogens with zero attached hydrogens (tertiary/aromatic N) is 5. The van der Waals surface area contributed by atoms with Gasteiger partial charge in [-0.3, -0.25) is 9.30 Å². The fourth-order valence-electron chi connectivity index (χ4n) is 2.36. The maximum Gasteiger partial charge on any atom is 0.401 e. The summed E-state index contributed by atoms with van der Waals surface area (Å²) in [5.74, 6) is 1.36. The molecule has 2 aromatic rings. The predicted molar refractivity (Wildman–Crippen MR) is 67.7 cm³/mol. The molecule has 0 aromatic carbocycles. The van der Waals surface area contributed by atoms with Crippen LogP contribution in [0.15, 0.2) is 24.7 Å². The van der Waals surface area contributed by atoms with Gasteiger partial charge < -0.3 is 4.90 Å². The van der Waals surface area contributed by atoms with Gasteiger partial charge in [-0.1, -0.05) is 0 Å². The van der Waals surface area contributed by atoms with Crippen LogP contribution >= 0.6 is 0 Å². The Balaban J connectivity index is 1.65. The molecular weight excluding hydrogens is 271 g/mol. The Hall–Kier alpha value is -1.83. The summed E-state index contributed by atoms with van der Waals surface area (Å²) in [5.41, 5.74) is 0. The molecule has 20 heavy (non-hydrogen) atoms. The van der Waals surface area contributed by atoms with Gasteiger partial charge in [0.1, 0.15) is 5.82 Å². The summed E-state index contributed by atoms with van der Waals surface area (Å²) in [6.45, 7) is 1.02. The highest BCUT2D eigenvalue weighted by Crippen LogP contribution is 2.19. The van der Waals surface area contributed by atoms with Gasteiger partial charge in [0.15, 0.2) is 0 Å². The van der Waals surface area contributed by atoms with Gasteiger partial charge >= 0.3 is 6.18 Å². The number of piperazine rings is 1. The van der Waals surface area contributed by atoms with E-state index in [2.05, 4.69) is 9.97 Å². The lowest BCUT2D eigenvalue weighted by molar-refractivity contribution is -0.146. The van der Waals surface area contributed by atoms with Crippen LogP contribution in [-0.2, 0) is 0 Å². The minimum Gasteiger partial charge on any atom is -0.354 e. The molecule has 0 radical (unpaired) electrons. The van der Waals surface area contributed by atoms with Crippen LogP contribution in [0.2, 0.25) is 0 Å². The quantitative estimate of drug-likeness (QED) is 0.836. The monoisotopic (exact) mass is 285 g/mol. The molecule has 0 N–H and O–H groups in total. The van der Waals surface area contributed by atoms with Crippen LogP contribution in [0.25, 0.3) is 5.78 Å². The van der Waals surface area contributed by atoms with Crippen molar-refractivity contribution in [3.05, 3.63) is 24.7 Å². The van der Waals surface area contributed by atoms with E-state index in [1.807, 2.05) is 17.2 Å². The number of aromatic nitrogens is 3. The fourth-order valence-corrected chi connectivity index (χ4v) is 2.36. The zero-order chi connectivity index (χ0) is 14.2. The van der Waals surface area contributed by atoms with Crippen molar-refractivity contribution >= 4 is 11.6 Å². The van der Waals surface area contributed by atoms with Crippen LogP contribution < -0.4 is 4.90 Å². The van der Waals surface area contributed by atoms with E-state index >= 15 is 0 Å². The molecule has 1 saturated heterocycles. The van der Waals surface area contributed by atoms with Gasteiger partial charge in [-0.2, -0.15) is 18.2 Å². The lowest BCUT2D eigenvalue weighted by Crippen LogP contribution is -2.49. The van der Waals surface area contributed by atoms with Crippen molar-refractivity contribution in [2.24, 2.45) is 0 Å². The summed E-state index contributed by atoms with van der Waals surface area (Å²) in [6.07, 6.45) is 1.18. The van der Waals surface area contributed by atoms with Crippen LogP contribution in [0, 0.1) is 0 Å². The topological polar surface area (TPSA) is 36.7 Å². The molecule has 0 saturated carbocycles. The Kier molecular flexibility index (Phi) is 3.25. The molecule has 0 bridgehead atoms. The second-order valence-corrected chi connectivity index (χ2v) is 4.80. The smallest absolute Gasteiger partial charge is 0.354 e. The van der Waals surface area contributed by atoms with Crippen molar-refractivity contribution in [1.82, 2.24) is 19.3 Å². The predicted octanol–water partition coefficient (Wildman–Crippen LogP) is 1.41. The van der Waals surface area contributed by atoms with E-state index in [9.17, 15) is 13.2 Å². The van der Waals surface area contributed by atoms with Crippen molar-refractivity contribution in [3.63, 3.8) is 0 Å². The van der Waals surface area contributed by atoms with Gasteiger partial charge in [-0.15, -0.1) is 0 Å². The normalized spacial score (nSPS) is 17.9. The Bertz CT molecular complexity index is 586. The van der Waals surface area contributed by atoms with Crippen molar-refractivity contribution in [1.29, 1.82) is 0 Å². The van der Waals surface area contributed by atoms with Crippen molar-refractivity contribution < 1.29 is 13.2 Å². The average molecular weight is 285 g/mol. The van der Waals surface area contributed by atoms with E-state index in [1.54, 1.807) is 16.8 Å². The summed E-state index contributed by atoms with van der Waals surface area (Å²) in [7, 11) is 0. The molecule has 0 amide bonds. The summed E-state index contributed by atoms with van der Waals surface area (Å²) in [6, 6.07) is 1.86. The highest BCUT2D eigenvalue weighted by Gasteiger charge is 2.32. The standard InChI is InChI=1S/C12H14F3N5/c13-12(14,15)9-18-5-7-19(8-6-18)10-1-3-20-4-2-16-11(20)17-10/h1-4H,5-9H2.